The van der Waals surface area contributed by atoms with Crippen LogP contribution in [0, 0.1) is 11.3 Å². The zero-order valence-corrected chi connectivity index (χ0v) is 17.3. The molecule has 1 saturated carbocycles. The number of nitriles is 1. The predicted molar refractivity (Wildman–Crippen MR) is 119 cm³/mol. The predicted octanol–water partition coefficient (Wildman–Crippen LogP) is 3.84. The van der Waals surface area contributed by atoms with E-state index in [4.69, 9.17) is 11.0 Å². The lowest BCUT2D eigenvalue weighted by molar-refractivity contribution is -0.128. The summed E-state index contributed by atoms with van der Waals surface area (Å²) in [4.78, 5) is 29.5. The quantitative estimate of drug-likeness (QED) is 0.570. The molecular weight excluding hydrogens is 388 g/mol. The monoisotopic (exact) mass is 414 g/mol. The Labute approximate surface area is 181 Å². The summed E-state index contributed by atoms with van der Waals surface area (Å²) in [6.07, 6.45) is 7.03. The summed E-state index contributed by atoms with van der Waals surface area (Å²) in [5.41, 5.74) is 8.65. The van der Waals surface area contributed by atoms with Gasteiger partial charge in [0.25, 0.3) is 0 Å². The van der Waals surface area contributed by atoms with Gasteiger partial charge in [-0.2, -0.15) is 5.26 Å². The molecule has 0 spiro atoms. The Balaban J connectivity index is 1.77. The zero-order valence-electron chi connectivity index (χ0n) is 17.3. The number of H-pyrrole nitrogens is 1. The first-order valence-electron chi connectivity index (χ1n) is 10.7. The van der Waals surface area contributed by atoms with Gasteiger partial charge < -0.3 is 16.0 Å². The Morgan fingerprint density at radius 3 is 2.42 bits per heavy atom. The highest BCUT2D eigenvalue weighted by atomic mass is 16.2. The molecule has 3 aromatic rings. The van der Waals surface area contributed by atoms with Crippen LogP contribution in [0.3, 0.4) is 0 Å². The van der Waals surface area contributed by atoms with Crippen molar-refractivity contribution in [1.29, 1.82) is 5.26 Å². The molecule has 2 unspecified atom stereocenters. The zero-order chi connectivity index (χ0) is 21.8. The molecule has 1 heterocycles. The van der Waals surface area contributed by atoms with E-state index in [9.17, 15) is 9.59 Å². The number of aromatic nitrogens is 1. The normalized spacial score (nSPS) is 16.4. The van der Waals surface area contributed by atoms with Gasteiger partial charge in [0.2, 0.25) is 11.8 Å². The number of nitrogens with zero attached hydrogens (tertiary/aromatic N) is 1. The molecule has 0 saturated heterocycles. The fourth-order valence-corrected chi connectivity index (χ4v) is 4.65. The fraction of sp³-hybridized carbons (Fsp3) is 0.320. The summed E-state index contributed by atoms with van der Waals surface area (Å²) in [5.74, 6) is -2.39. The van der Waals surface area contributed by atoms with Gasteiger partial charge in [0, 0.05) is 23.1 Å². The van der Waals surface area contributed by atoms with Crippen molar-refractivity contribution in [3.63, 3.8) is 0 Å². The van der Waals surface area contributed by atoms with E-state index < -0.39 is 17.7 Å². The average molecular weight is 415 g/mol. The van der Waals surface area contributed by atoms with Crippen LogP contribution in [0.25, 0.3) is 10.9 Å². The summed E-state index contributed by atoms with van der Waals surface area (Å²) in [7, 11) is 0. The molecule has 158 valence electrons. The number of nitrogens with two attached hydrogens (primary N) is 1. The van der Waals surface area contributed by atoms with Gasteiger partial charge in [-0.25, -0.2) is 0 Å². The number of nitrogens with one attached hydrogen (secondary N) is 2. The van der Waals surface area contributed by atoms with Gasteiger partial charge >= 0.3 is 0 Å². The summed E-state index contributed by atoms with van der Waals surface area (Å²) in [6.45, 7) is 0. The van der Waals surface area contributed by atoms with Crippen LogP contribution in [0.4, 0.5) is 0 Å². The Morgan fingerprint density at radius 1 is 1.03 bits per heavy atom. The third-order valence-corrected chi connectivity index (χ3v) is 6.23. The van der Waals surface area contributed by atoms with Crippen LogP contribution in [0.5, 0.6) is 0 Å². The molecule has 1 aliphatic rings. The highest BCUT2D eigenvalue weighted by molar-refractivity contribution is 5.98. The Hall–Kier alpha value is -3.59. The minimum Gasteiger partial charge on any atom is -0.369 e. The van der Waals surface area contributed by atoms with Crippen LogP contribution in [-0.2, 0) is 9.59 Å². The number of carbonyl (C=O) groups excluding carboxylic acids is 2. The van der Waals surface area contributed by atoms with Crippen molar-refractivity contribution in [2.75, 3.05) is 0 Å². The average Bonchev–Trinajstić information content (AvgIpc) is 3.21. The maximum absolute atomic E-state index is 13.5. The fourth-order valence-electron chi connectivity index (χ4n) is 4.65. The van der Waals surface area contributed by atoms with Crippen molar-refractivity contribution < 1.29 is 9.59 Å². The second kappa shape index (κ2) is 9.05. The van der Waals surface area contributed by atoms with Crippen molar-refractivity contribution in [2.24, 2.45) is 5.73 Å². The number of amides is 2. The molecule has 6 heteroatoms. The first-order valence-corrected chi connectivity index (χ1v) is 10.7. The Bertz CT molecular complexity index is 1120. The Kier molecular flexibility index (Phi) is 6.03. The SMILES string of the molecule is N#Cc1ccc(C(C(=O)NC2CCCCC2)C(C(N)=O)c2c[nH]c3ccccc23)cc1. The number of carbonyl (C=O) groups is 2. The van der Waals surface area contributed by atoms with Crippen LogP contribution in [0.2, 0.25) is 0 Å². The number of aromatic amines is 1. The van der Waals surface area contributed by atoms with Crippen molar-refractivity contribution in [3.8, 4) is 6.07 Å². The second-order valence-corrected chi connectivity index (χ2v) is 8.22. The van der Waals surface area contributed by atoms with Gasteiger partial charge in [0.15, 0.2) is 0 Å². The molecule has 0 bridgehead atoms. The van der Waals surface area contributed by atoms with E-state index in [-0.39, 0.29) is 11.9 Å². The summed E-state index contributed by atoms with van der Waals surface area (Å²) >= 11 is 0. The first-order chi connectivity index (χ1) is 15.1. The number of para-hydroxylation sites is 1. The van der Waals surface area contributed by atoms with E-state index in [1.807, 2.05) is 24.3 Å². The van der Waals surface area contributed by atoms with Gasteiger partial charge in [-0.05, 0) is 42.2 Å². The number of hydrogen-bond donors (Lipinski definition) is 3. The molecule has 1 aliphatic carbocycles. The second-order valence-electron chi connectivity index (χ2n) is 8.22. The van der Waals surface area contributed by atoms with Crippen molar-refractivity contribution in [3.05, 3.63) is 71.4 Å². The lowest BCUT2D eigenvalue weighted by Crippen LogP contribution is -2.43. The maximum Gasteiger partial charge on any atom is 0.228 e. The summed E-state index contributed by atoms with van der Waals surface area (Å²) in [6, 6.07) is 16.7. The lowest BCUT2D eigenvalue weighted by atomic mass is 9.79. The third-order valence-electron chi connectivity index (χ3n) is 6.23. The molecule has 2 amide bonds. The molecular formula is C25H26N4O2. The van der Waals surface area contributed by atoms with Crippen LogP contribution in [0.15, 0.2) is 54.7 Å². The van der Waals surface area contributed by atoms with E-state index in [1.54, 1.807) is 30.5 Å². The van der Waals surface area contributed by atoms with Gasteiger partial charge in [-0.1, -0.05) is 49.6 Å². The highest BCUT2D eigenvalue weighted by Gasteiger charge is 2.37. The Morgan fingerprint density at radius 2 is 1.74 bits per heavy atom. The number of benzene rings is 2. The molecule has 31 heavy (non-hydrogen) atoms. The number of primary amides is 1. The highest BCUT2D eigenvalue weighted by Crippen LogP contribution is 2.37. The minimum atomic E-state index is -0.840. The molecule has 2 aromatic carbocycles. The number of fused-ring (bicyclic) bond motifs is 1. The van der Waals surface area contributed by atoms with Gasteiger partial charge in [-0.15, -0.1) is 0 Å². The van der Waals surface area contributed by atoms with Gasteiger partial charge in [-0.3, -0.25) is 9.59 Å². The minimum absolute atomic E-state index is 0.110. The molecule has 1 fully saturated rings. The standard InChI is InChI=1S/C25H26N4O2/c26-14-16-10-12-17(13-11-16)22(25(31)29-18-6-2-1-3-7-18)23(24(27)30)20-15-28-21-9-5-4-8-19(20)21/h4-5,8-13,15,18,22-23,28H,1-3,6-7H2,(H2,27,30)(H,29,31). The summed E-state index contributed by atoms with van der Waals surface area (Å²) < 4.78 is 0. The first kappa shape index (κ1) is 20.7. The topological polar surface area (TPSA) is 112 Å². The van der Waals surface area contributed by atoms with E-state index in [1.165, 1.54) is 6.42 Å². The van der Waals surface area contributed by atoms with E-state index in [0.717, 1.165) is 36.6 Å². The largest absolute Gasteiger partial charge is 0.369 e. The third kappa shape index (κ3) is 4.31. The van der Waals surface area contributed by atoms with E-state index in [2.05, 4.69) is 16.4 Å². The van der Waals surface area contributed by atoms with E-state index in [0.29, 0.717) is 16.7 Å². The molecule has 2 atom stereocenters. The molecule has 4 rings (SSSR count). The van der Waals surface area contributed by atoms with Gasteiger partial charge in [0.05, 0.1) is 23.5 Å². The molecule has 0 radical (unpaired) electrons. The van der Waals surface area contributed by atoms with Crippen LogP contribution < -0.4 is 11.1 Å². The maximum atomic E-state index is 13.5. The number of rotatable bonds is 6. The van der Waals surface area contributed by atoms with Gasteiger partial charge in [0.1, 0.15) is 0 Å². The van der Waals surface area contributed by atoms with Crippen LogP contribution >= 0.6 is 0 Å². The van der Waals surface area contributed by atoms with Crippen LogP contribution in [0.1, 0.15) is 60.6 Å². The van der Waals surface area contributed by atoms with Crippen molar-refractivity contribution in [2.45, 2.75) is 50.0 Å². The smallest absolute Gasteiger partial charge is 0.228 e. The molecule has 0 aliphatic heterocycles. The van der Waals surface area contributed by atoms with Crippen LogP contribution in [-0.4, -0.2) is 22.8 Å². The lowest BCUT2D eigenvalue weighted by Gasteiger charge is -2.29. The molecule has 1 aromatic heterocycles. The number of hydrogen-bond acceptors (Lipinski definition) is 3. The van der Waals surface area contributed by atoms with Crippen molar-refractivity contribution >= 4 is 22.7 Å². The van der Waals surface area contributed by atoms with E-state index >= 15 is 0 Å². The molecule has 6 nitrogen and oxygen atoms in total. The molecule has 4 N–H and O–H groups in total. The van der Waals surface area contributed by atoms with Crippen molar-refractivity contribution in [1.82, 2.24) is 10.3 Å². The summed E-state index contributed by atoms with van der Waals surface area (Å²) in [5, 5.41) is 13.2.